The normalized spacial score (nSPS) is 12.5. The molecule has 0 saturated heterocycles. The fraction of sp³-hybridized carbons (Fsp3) is 0.238. The second-order valence-corrected chi connectivity index (χ2v) is 7.19. The van der Waals surface area contributed by atoms with E-state index >= 15 is 0 Å². The van der Waals surface area contributed by atoms with Crippen molar-refractivity contribution in [3.8, 4) is 11.6 Å². The zero-order valence-electron chi connectivity index (χ0n) is 16.3. The highest BCUT2D eigenvalue weighted by molar-refractivity contribution is 6.32. The summed E-state index contributed by atoms with van der Waals surface area (Å²) in [5.74, 6) is -1.26. The third-order valence-corrected chi connectivity index (χ3v) is 4.61. The molecule has 1 amide bonds. The number of carbonyl (C=O) groups excluding carboxylic acids is 1. The number of nitrogens with zero attached hydrogens (tertiary/aromatic N) is 2. The first-order valence-electron chi connectivity index (χ1n) is 9.23. The molecule has 0 saturated carbocycles. The highest BCUT2D eigenvalue weighted by Crippen LogP contribution is 2.33. The first-order valence-corrected chi connectivity index (χ1v) is 9.60. The highest BCUT2D eigenvalue weighted by atomic mass is 35.5. The van der Waals surface area contributed by atoms with Crippen LogP contribution in [-0.2, 0) is 17.4 Å². The van der Waals surface area contributed by atoms with Gasteiger partial charge in [0.25, 0.3) is 5.91 Å². The van der Waals surface area contributed by atoms with E-state index in [0.29, 0.717) is 11.6 Å². The van der Waals surface area contributed by atoms with Crippen LogP contribution in [0.3, 0.4) is 0 Å². The van der Waals surface area contributed by atoms with E-state index in [4.69, 9.17) is 16.3 Å². The number of nitrogens with one attached hydrogen (secondary N) is 1. The van der Waals surface area contributed by atoms with E-state index in [0.717, 1.165) is 4.68 Å². The number of hydrogen-bond acceptors (Lipinski definition) is 3. The Bertz CT molecular complexity index is 1070. The first-order chi connectivity index (χ1) is 14.6. The van der Waals surface area contributed by atoms with Gasteiger partial charge in [0.2, 0.25) is 5.88 Å². The van der Waals surface area contributed by atoms with Crippen LogP contribution in [0, 0.1) is 5.82 Å². The molecule has 1 N–H and O–H groups in total. The van der Waals surface area contributed by atoms with E-state index in [-0.39, 0.29) is 28.8 Å². The van der Waals surface area contributed by atoms with Gasteiger partial charge in [-0.25, -0.2) is 4.39 Å². The molecule has 31 heavy (non-hydrogen) atoms. The molecule has 1 atom stereocenters. The maximum absolute atomic E-state index is 13.7. The number of hydrogen-bond donors (Lipinski definition) is 1. The van der Waals surface area contributed by atoms with Crippen LogP contribution < -0.4 is 10.1 Å². The summed E-state index contributed by atoms with van der Waals surface area (Å²) >= 11 is 6.07. The van der Waals surface area contributed by atoms with E-state index < -0.39 is 30.4 Å². The first kappa shape index (κ1) is 22.6. The maximum Gasteiger partial charge on any atom is 0.435 e. The van der Waals surface area contributed by atoms with Crippen LogP contribution in [0.2, 0.25) is 5.02 Å². The topological polar surface area (TPSA) is 56.1 Å². The van der Waals surface area contributed by atoms with Gasteiger partial charge < -0.3 is 10.1 Å². The zero-order chi connectivity index (χ0) is 22.6. The van der Waals surface area contributed by atoms with Crippen molar-refractivity contribution in [3.63, 3.8) is 0 Å². The van der Waals surface area contributed by atoms with Gasteiger partial charge in [0, 0.05) is 12.1 Å². The van der Waals surface area contributed by atoms with Gasteiger partial charge in [0.15, 0.2) is 12.3 Å². The Hall–Kier alpha value is -3.07. The van der Waals surface area contributed by atoms with Crippen molar-refractivity contribution in [2.24, 2.45) is 0 Å². The van der Waals surface area contributed by atoms with E-state index in [2.05, 4.69) is 10.4 Å². The predicted molar refractivity (Wildman–Crippen MR) is 107 cm³/mol. The van der Waals surface area contributed by atoms with Crippen molar-refractivity contribution >= 4 is 17.5 Å². The lowest BCUT2D eigenvalue weighted by Gasteiger charge is -2.15. The number of ether oxygens (including phenoxy) is 1. The summed E-state index contributed by atoms with van der Waals surface area (Å²) < 4.78 is 59.3. The number of benzene rings is 2. The molecule has 0 aliphatic heterocycles. The molecule has 0 spiro atoms. The summed E-state index contributed by atoms with van der Waals surface area (Å²) in [7, 11) is 0. The molecule has 5 nitrogen and oxygen atoms in total. The number of halogens is 5. The zero-order valence-corrected chi connectivity index (χ0v) is 17.0. The van der Waals surface area contributed by atoms with E-state index in [1.165, 1.54) is 18.2 Å². The molecule has 10 heteroatoms. The number of aromatic nitrogens is 2. The van der Waals surface area contributed by atoms with Crippen molar-refractivity contribution in [3.05, 3.63) is 76.7 Å². The molecule has 1 unspecified atom stereocenters. The van der Waals surface area contributed by atoms with Gasteiger partial charge in [-0.3, -0.25) is 4.79 Å². The lowest BCUT2D eigenvalue weighted by atomic mass is 10.1. The highest BCUT2D eigenvalue weighted by Gasteiger charge is 2.36. The second kappa shape index (κ2) is 9.38. The maximum atomic E-state index is 13.7. The Labute approximate surface area is 180 Å². The number of alkyl halides is 3. The van der Waals surface area contributed by atoms with Crippen molar-refractivity contribution in [2.75, 3.05) is 6.61 Å². The molecular formula is C21H18ClF4N3O2. The monoisotopic (exact) mass is 455 g/mol. The summed E-state index contributed by atoms with van der Waals surface area (Å²) in [6, 6.07) is 12.6. The minimum atomic E-state index is -4.71. The van der Waals surface area contributed by atoms with Crippen molar-refractivity contribution in [1.29, 1.82) is 0 Å². The second-order valence-electron chi connectivity index (χ2n) is 6.78. The van der Waals surface area contributed by atoms with Gasteiger partial charge in [-0.1, -0.05) is 41.9 Å². The van der Waals surface area contributed by atoms with Crippen LogP contribution in [0.25, 0.3) is 5.69 Å². The molecule has 3 aromatic rings. The number of rotatable bonds is 7. The molecule has 2 aromatic carbocycles. The number of amides is 1. The number of para-hydroxylation sites is 1. The van der Waals surface area contributed by atoms with Crippen LogP contribution in [-0.4, -0.2) is 28.3 Å². The smallest absolute Gasteiger partial charge is 0.435 e. The summed E-state index contributed by atoms with van der Waals surface area (Å²) in [5, 5.41) is 6.31. The molecule has 0 aliphatic carbocycles. The summed E-state index contributed by atoms with van der Waals surface area (Å²) in [6.45, 7) is 1.12. The fourth-order valence-corrected chi connectivity index (χ4v) is 3.12. The van der Waals surface area contributed by atoms with E-state index in [1.54, 1.807) is 37.3 Å². The molecular weight excluding hydrogens is 438 g/mol. The molecule has 1 heterocycles. The van der Waals surface area contributed by atoms with Crippen LogP contribution in [0.15, 0.2) is 54.6 Å². The number of carbonyl (C=O) groups is 1. The molecule has 0 bridgehead atoms. The van der Waals surface area contributed by atoms with Gasteiger partial charge >= 0.3 is 6.18 Å². The Morgan fingerprint density at radius 3 is 2.55 bits per heavy atom. The standard InChI is InChI=1S/C21H18ClF4N3O2/c1-13(10-14-6-2-4-8-16(14)23)27-19(30)12-31-20-11-18(21(24,25)26)28-29(20)17-9-5-3-7-15(17)22/h2-9,11,13H,10,12H2,1H3,(H,27,30). The summed E-state index contributed by atoms with van der Waals surface area (Å²) in [5.41, 5.74) is -0.582. The Kier molecular flexibility index (Phi) is 6.84. The molecule has 1 aromatic heterocycles. The van der Waals surface area contributed by atoms with Crippen molar-refractivity contribution < 1.29 is 27.1 Å². The predicted octanol–water partition coefficient (Wildman–Crippen LogP) is 4.81. The lowest BCUT2D eigenvalue weighted by Crippen LogP contribution is -2.37. The van der Waals surface area contributed by atoms with Gasteiger partial charge in [-0.2, -0.15) is 23.0 Å². The van der Waals surface area contributed by atoms with Gasteiger partial charge in [0.05, 0.1) is 10.7 Å². The SMILES string of the molecule is CC(Cc1ccccc1F)NC(=O)COc1cc(C(F)(F)F)nn1-c1ccccc1Cl. The Morgan fingerprint density at radius 2 is 1.87 bits per heavy atom. The lowest BCUT2D eigenvalue weighted by molar-refractivity contribution is -0.141. The minimum Gasteiger partial charge on any atom is -0.467 e. The van der Waals surface area contributed by atoms with E-state index in [9.17, 15) is 22.4 Å². The van der Waals surface area contributed by atoms with Crippen LogP contribution in [0.1, 0.15) is 18.2 Å². The Balaban J connectivity index is 1.70. The molecule has 3 rings (SSSR count). The summed E-state index contributed by atoms with van der Waals surface area (Å²) in [4.78, 5) is 12.2. The van der Waals surface area contributed by atoms with Crippen molar-refractivity contribution in [1.82, 2.24) is 15.1 Å². The average molecular weight is 456 g/mol. The van der Waals surface area contributed by atoms with Gasteiger partial charge in [0.1, 0.15) is 5.82 Å². The minimum absolute atomic E-state index is 0.159. The average Bonchev–Trinajstić information content (AvgIpc) is 3.13. The van der Waals surface area contributed by atoms with Gasteiger partial charge in [-0.05, 0) is 37.1 Å². The van der Waals surface area contributed by atoms with Gasteiger partial charge in [-0.15, -0.1) is 0 Å². The van der Waals surface area contributed by atoms with E-state index in [1.807, 2.05) is 0 Å². The van der Waals surface area contributed by atoms with Crippen molar-refractivity contribution in [2.45, 2.75) is 25.6 Å². The third-order valence-electron chi connectivity index (χ3n) is 4.29. The summed E-state index contributed by atoms with van der Waals surface area (Å²) in [6.07, 6.45) is -4.46. The largest absolute Gasteiger partial charge is 0.467 e. The molecule has 0 fully saturated rings. The molecule has 164 valence electrons. The van der Waals surface area contributed by atoms with Crippen LogP contribution >= 0.6 is 11.6 Å². The third kappa shape index (κ3) is 5.75. The quantitative estimate of drug-likeness (QED) is 0.520. The molecule has 0 aliphatic rings. The van der Waals surface area contributed by atoms with Crippen LogP contribution in [0.5, 0.6) is 5.88 Å². The fourth-order valence-electron chi connectivity index (χ4n) is 2.90. The molecule has 0 radical (unpaired) electrons. The Morgan fingerprint density at radius 1 is 1.19 bits per heavy atom. The van der Waals surface area contributed by atoms with Crippen LogP contribution in [0.4, 0.5) is 17.6 Å².